The van der Waals surface area contributed by atoms with Gasteiger partial charge in [-0.05, 0) is 26.2 Å². The summed E-state index contributed by atoms with van der Waals surface area (Å²) in [5.74, 6) is 1.28. The monoisotopic (exact) mass is 373 g/mol. The van der Waals surface area contributed by atoms with E-state index in [2.05, 4.69) is 10.3 Å². The number of nitrogens with one attached hydrogen (secondary N) is 1. The van der Waals surface area contributed by atoms with Crippen molar-refractivity contribution in [2.45, 2.75) is 50.8 Å². The number of guanidine groups is 1. The van der Waals surface area contributed by atoms with Gasteiger partial charge in [-0.2, -0.15) is 0 Å². The van der Waals surface area contributed by atoms with Gasteiger partial charge in [0.15, 0.2) is 5.96 Å². The molecule has 0 amide bonds. The first-order chi connectivity index (χ1) is 7.67. The maximum Gasteiger partial charge on any atom is 0.188 e. The molecule has 0 saturated heterocycles. The third kappa shape index (κ3) is 6.03. The van der Waals surface area contributed by atoms with Crippen LogP contribution in [0.2, 0.25) is 0 Å². The smallest absolute Gasteiger partial charge is 0.188 e. The van der Waals surface area contributed by atoms with Crippen LogP contribution in [0.1, 0.15) is 39.5 Å². The van der Waals surface area contributed by atoms with Crippen molar-refractivity contribution in [2.75, 3.05) is 12.3 Å². The van der Waals surface area contributed by atoms with Crippen LogP contribution in [0.5, 0.6) is 0 Å². The normalized spacial score (nSPS) is 27.1. The predicted octanol–water partition coefficient (Wildman–Crippen LogP) is 1.61. The fourth-order valence-corrected chi connectivity index (χ4v) is 3.52. The Morgan fingerprint density at radius 2 is 2.18 bits per heavy atom. The minimum atomic E-state index is -0.673. The second-order valence-corrected chi connectivity index (χ2v) is 6.16. The number of hydrogen-bond acceptors (Lipinski definition) is 2. The minimum Gasteiger partial charge on any atom is -0.370 e. The van der Waals surface area contributed by atoms with E-state index in [0.717, 1.165) is 31.4 Å². The van der Waals surface area contributed by atoms with Gasteiger partial charge in [0.2, 0.25) is 0 Å². The second-order valence-electron chi connectivity index (χ2n) is 4.16. The highest BCUT2D eigenvalue weighted by molar-refractivity contribution is 14.0. The summed E-state index contributed by atoms with van der Waals surface area (Å²) in [6.07, 6.45) is 4.29. The van der Waals surface area contributed by atoms with Crippen LogP contribution in [-0.4, -0.2) is 33.8 Å². The SMILES string of the molecule is CCN=C(N)NC1CCCC(S(=O)CC)C1.I. The van der Waals surface area contributed by atoms with E-state index < -0.39 is 10.8 Å². The van der Waals surface area contributed by atoms with Crippen LogP contribution in [0.25, 0.3) is 0 Å². The zero-order valence-corrected chi connectivity index (χ0v) is 13.8. The largest absolute Gasteiger partial charge is 0.370 e. The van der Waals surface area contributed by atoms with Crippen LogP contribution in [0, 0.1) is 0 Å². The molecule has 4 nitrogen and oxygen atoms in total. The van der Waals surface area contributed by atoms with Gasteiger partial charge in [-0.1, -0.05) is 13.3 Å². The van der Waals surface area contributed by atoms with Crippen molar-refractivity contribution < 1.29 is 4.21 Å². The number of nitrogens with two attached hydrogens (primary N) is 1. The van der Waals surface area contributed by atoms with Crippen molar-refractivity contribution in [2.24, 2.45) is 10.7 Å². The van der Waals surface area contributed by atoms with E-state index in [9.17, 15) is 4.21 Å². The summed E-state index contributed by atoms with van der Waals surface area (Å²) >= 11 is 0. The lowest BCUT2D eigenvalue weighted by Crippen LogP contribution is -2.44. The number of hydrogen-bond donors (Lipinski definition) is 2. The van der Waals surface area contributed by atoms with Gasteiger partial charge < -0.3 is 11.1 Å². The van der Waals surface area contributed by atoms with Gasteiger partial charge in [-0.15, -0.1) is 24.0 Å². The fraction of sp³-hybridized carbons (Fsp3) is 0.909. The topological polar surface area (TPSA) is 67.5 Å². The molecule has 0 radical (unpaired) electrons. The van der Waals surface area contributed by atoms with E-state index in [1.54, 1.807) is 0 Å². The Balaban J connectivity index is 0.00000256. The molecule has 0 spiro atoms. The zero-order valence-electron chi connectivity index (χ0n) is 10.6. The molecule has 0 bridgehead atoms. The van der Waals surface area contributed by atoms with E-state index in [1.807, 2.05) is 13.8 Å². The van der Waals surface area contributed by atoms with Crippen molar-refractivity contribution in [3.05, 3.63) is 0 Å². The summed E-state index contributed by atoms with van der Waals surface area (Å²) in [7, 11) is -0.673. The molecule has 1 fully saturated rings. The molecule has 3 N–H and O–H groups in total. The van der Waals surface area contributed by atoms with Crippen molar-refractivity contribution >= 4 is 40.7 Å². The van der Waals surface area contributed by atoms with Crippen LogP contribution in [-0.2, 0) is 10.8 Å². The zero-order chi connectivity index (χ0) is 12.0. The van der Waals surface area contributed by atoms with E-state index in [0.29, 0.717) is 23.8 Å². The van der Waals surface area contributed by atoms with E-state index in [1.165, 1.54) is 0 Å². The first kappa shape index (κ1) is 17.2. The third-order valence-corrected chi connectivity index (χ3v) is 4.70. The highest BCUT2D eigenvalue weighted by atomic mass is 127. The first-order valence-electron chi connectivity index (χ1n) is 6.11. The highest BCUT2D eigenvalue weighted by Gasteiger charge is 2.25. The standard InChI is InChI=1S/C11H23N3OS.HI/c1-3-13-11(12)14-9-6-5-7-10(8-9)16(15)4-2;/h9-10H,3-8H2,1-2H3,(H3,12,13,14);1H. The van der Waals surface area contributed by atoms with E-state index >= 15 is 0 Å². The molecule has 3 atom stereocenters. The Morgan fingerprint density at radius 3 is 2.76 bits per heavy atom. The van der Waals surface area contributed by atoms with Crippen LogP contribution in [0.3, 0.4) is 0 Å². The summed E-state index contributed by atoms with van der Waals surface area (Å²) < 4.78 is 11.7. The molecule has 1 rings (SSSR count). The number of rotatable bonds is 4. The molecule has 0 heterocycles. The lowest BCUT2D eigenvalue weighted by Gasteiger charge is -2.29. The van der Waals surface area contributed by atoms with Gasteiger partial charge in [-0.25, -0.2) is 0 Å². The number of nitrogens with zero attached hydrogens (tertiary/aromatic N) is 1. The maximum absolute atomic E-state index is 11.7. The van der Waals surface area contributed by atoms with E-state index in [4.69, 9.17) is 5.73 Å². The first-order valence-corrected chi connectivity index (χ1v) is 7.49. The molecule has 3 unspecified atom stereocenters. The molecule has 1 aliphatic rings. The van der Waals surface area contributed by atoms with Crippen LogP contribution >= 0.6 is 24.0 Å². The number of halogens is 1. The molecule has 0 aromatic heterocycles. The van der Waals surface area contributed by atoms with Crippen molar-refractivity contribution in [3.63, 3.8) is 0 Å². The van der Waals surface area contributed by atoms with Crippen molar-refractivity contribution in [1.29, 1.82) is 0 Å². The van der Waals surface area contributed by atoms with Gasteiger partial charge in [0.05, 0.1) is 0 Å². The van der Waals surface area contributed by atoms with Gasteiger partial charge in [-0.3, -0.25) is 9.20 Å². The van der Waals surface area contributed by atoms with Gasteiger partial charge >= 0.3 is 0 Å². The summed E-state index contributed by atoms with van der Waals surface area (Å²) in [5.41, 5.74) is 5.73. The molecule has 6 heteroatoms. The molecule has 0 aromatic carbocycles. The summed E-state index contributed by atoms with van der Waals surface area (Å²) in [6, 6.07) is 0.351. The van der Waals surface area contributed by atoms with Crippen molar-refractivity contribution in [1.82, 2.24) is 5.32 Å². The molecule has 1 saturated carbocycles. The second kappa shape index (κ2) is 9.13. The molecular weight excluding hydrogens is 349 g/mol. The fourth-order valence-electron chi connectivity index (χ4n) is 2.18. The van der Waals surface area contributed by atoms with Crippen molar-refractivity contribution in [3.8, 4) is 0 Å². The third-order valence-electron chi connectivity index (χ3n) is 2.96. The Hall–Kier alpha value is 0.150. The van der Waals surface area contributed by atoms with Crippen LogP contribution < -0.4 is 11.1 Å². The predicted molar refractivity (Wildman–Crippen MR) is 85.4 cm³/mol. The Morgan fingerprint density at radius 1 is 1.47 bits per heavy atom. The summed E-state index contributed by atoms with van der Waals surface area (Å²) in [4.78, 5) is 4.12. The quantitative estimate of drug-likeness (QED) is 0.447. The minimum absolute atomic E-state index is 0. The average molecular weight is 373 g/mol. The lowest BCUT2D eigenvalue weighted by atomic mass is 9.95. The Kier molecular flexibility index (Phi) is 9.21. The maximum atomic E-state index is 11.7. The Bertz CT molecular complexity index is 273. The van der Waals surface area contributed by atoms with Gasteiger partial charge in [0, 0.05) is 34.4 Å². The van der Waals surface area contributed by atoms with E-state index in [-0.39, 0.29) is 24.0 Å². The molecule has 0 aromatic rings. The lowest BCUT2D eigenvalue weighted by molar-refractivity contribution is 0.416. The van der Waals surface area contributed by atoms with Gasteiger partial charge in [0.25, 0.3) is 0 Å². The molecule has 17 heavy (non-hydrogen) atoms. The summed E-state index contributed by atoms with van der Waals surface area (Å²) in [5, 5.41) is 3.56. The summed E-state index contributed by atoms with van der Waals surface area (Å²) in [6.45, 7) is 4.65. The van der Waals surface area contributed by atoms with Crippen LogP contribution in [0.4, 0.5) is 0 Å². The van der Waals surface area contributed by atoms with Gasteiger partial charge in [0.1, 0.15) is 0 Å². The molecule has 102 valence electrons. The average Bonchev–Trinajstić information content (AvgIpc) is 2.28. The molecule has 1 aliphatic carbocycles. The Labute approximate surface area is 124 Å². The van der Waals surface area contributed by atoms with Crippen LogP contribution in [0.15, 0.2) is 4.99 Å². The molecule has 0 aliphatic heterocycles. The number of aliphatic imine (C=N–C) groups is 1. The highest BCUT2D eigenvalue weighted by Crippen LogP contribution is 2.22. The molecular formula is C11H24IN3OS.